The summed E-state index contributed by atoms with van der Waals surface area (Å²) >= 11 is 0. The molecule has 3 nitrogen and oxygen atoms in total. The molecule has 1 aliphatic rings. The average Bonchev–Trinajstić information content (AvgIpc) is 2.89. The number of piperidine rings is 1. The second kappa shape index (κ2) is 12.0. The van der Waals surface area contributed by atoms with Gasteiger partial charge in [-0.3, -0.25) is 9.69 Å². The first-order chi connectivity index (χ1) is 16.6. The molecule has 178 valence electrons. The lowest BCUT2D eigenvalue weighted by Crippen LogP contribution is -2.43. The first-order valence-electron chi connectivity index (χ1n) is 12.3. The Kier molecular flexibility index (Phi) is 8.62. The van der Waals surface area contributed by atoms with Crippen LogP contribution in [0.2, 0.25) is 0 Å². The van der Waals surface area contributed by atoms with Crippen LogP contribution in [0.4, 0.5) is 4.39 Å². The van der Waals surface area contributed by atoms with Gasteiger partial charge < -0.3 is 4.74 Å². The fourth-order valence-electron chi connectivity index (χ4n) is 5.01. The monoisotopic (exact) mass is 459 g/mol. The topological polar surface area (TPSA) is 29.5 Å². The van der Waals surface area contributed by atoms with Crippen LogP contribution in [-0.4, -0.2) is 30.4 Å². The van der Waals surface area contributed by atoms with Crippen molar-refractivity contribution < 1.29 is 13.9 Å². The molecule has 1 heterocycles. The summed E-state index contributed by atoms with van der Waals surface area (Å²) in [6.45, 7) is 5.02. The SMILES string of the molecule is CCC(=O)[C@H]1CN(Cc2ccc(F)cc2)CC[C@@H]1CCOC(c1ccccc1)c1ccccc1. The predicted octanol–water partition coefficient (Wildman–Crippen LogP) is 6.44. The third kappa shape index (κ3) is 6.40. The Labute approximate surface area is 202 Å². The minimum atomic E-state index is -0.217. The molecule has 4 heteroatoms. The summed E-state index contributed by atoms with van der Waals surface area (Å²) < 4.78 is 19.7. The molecule has 1 fully saturated rings. The van der Waals surface area contributed by atoms with E-state index in [9.17, 15) is 9.18 Å². The van der Waals surface area contributed by atoms with E-state index in [1.165, 1.54) is 12.1 Å². The standard InChI is InChI=1S/C30H34FNO2/c1-2-29(33)28-22-32(21-23-13-15-27(31)16-14-23)19-17-24(28)18-20-34-30(25-9-5-3-6-10-25)26-11-7-4-8-12-26/h3-16,24,28,30H,2,17-22H2,1H3/t24-,28+/m1/s1. The zero-order valence-corrected chi connectivity index (χ0v) is 19.9. The lowest BCUT2D eigenvalue weighted by atomic mass is 9.80. The van der Waals surface area contributed by atoms with Gasteiger partial charge in [0.05, 0.1) is 0 Å². The smallest absolute Gasteiger partial charge is 0.137 e. The van der Waals surface area contributed by atoms with E-state index < -0.39 is 0 Å². The number of halogens is 1. The van der Waals surface area contributed by atoms with Crippen molar-refractivity contribution in [3.8, 4) is 0 Å². The van der Waals surface area contributed by atoms with Gasteiger partial charge in [-0.05, 0) is 54.1 Å². The lowest BCUT2D eigenvalue weighted by molar-refractivity contribution is -0.127. The van der Waals surface area contributed by atoms with E-state index in [4.69, 9.17) is 4.74 Å². The number of ether oxygens (including phenoxy) is 1. The van der Waals surface area contributed by atoms with E-state index in [2.05, 4.69) is 29.2 Å². The van der Waals surface area contributed by atoms with Gasteiger partial charge >= 0.3 is 0 Å². The van der Waals surface area contributed by atoms with E-state index in [1.54, 1.807) is 0 Å². The minimum absolute atomic E-state index is 0.0229. The molecule has 1 aliphatic heterocycles. The Bertz CT molecular complexity index is 983. The summed E-state index contributed by atoms with van der Waals surface area (Å²) in [5.74, 6) is 0.459. The zero-order chi connectivity index (χ0) is 23.8. The van der Waals surface area contributed by atoms with Crippen molar-refractivity contribution in [2.75, 3.05) is 19.7 Å². The molecule has 0 aromatic heterocycles. The molecule has 0 aliphatic carbocycles. The van der Waals surface area contributed by atoms with E-state index in [0.29, 0.717) is 24.7 Å². The molecule has 0 saturated carbocycles. The number of hydrogen-bond donors (Lipinski definition) is 0. The van der Waals surface area contributed by atoms with Gasteiger partial charge in [-0.25, -0.2) is 4.39 Å². The van der Waals surface area contributed by atoms with Gasteiger partial charge in [-0.15, -0.1) is 0 Å². The molecular formula is C30H34FNO2. The van der Waals surface area contributed by atoms with Crippen molar-refractivity contribution in [2.24, 2.45) is 11.8 Å². The van der Waals surface area contributed by atoms with Crippen molar-refractivity contribution >= 4 is 5.78 Å². The lowest BCUT2D eigenvalue weighted by Gasteiger charge is -2.38. The van der Waals surface area contributed by atoms with Crippen molar-refractivity contribution in [2.45, 2.75) is 38.8 Å². The molecule has 0 amide bonds. The van der Waals surface area contributed by atoms with Crippen molar-refractivity contribution in [3.05, 3.63) is 107 Å². The van der Waals surface area contributed by atoms with Gasteiger partial charge in [0.1, 0.15) is 17.7 Å². The van der Waals surface area contributed by atoms with Crippen molar-refractivity contribution in [3.63, 3.8) is 0 Å². The largest absolute Gasteiger partial charge is 0.369 e. The maximum atomic E-state index is 13.3. The van der Waals surface area contributed by atoms with E-state index in [1.807, 2.05) is 55.5 Å². The summed E-state index contributed by atoms with van der Waals surface area (Å²) in [5, 5.41) is 0. The number of nitrogens with zero attached hydrogens (tertiary/aromatic N) is 1. The minimum Gasteiger partial charge on any atom is -0.369 e. The number of hydrogen-bond acceptors (Lipinski definition) is 3. The van der Waals surface area contributed by atoms with Crippen LogP contribution in [0.15, 0.2) is 84.9 Å². The van der Waals surface area contributed by atoms with Crippen LogP contribution in [0.3, 0.4) is 0 Å². The Morgan fingerprint density at radius 2 is 1.59 bits per heavy atom. The van der Waals surface area contributed by atoms with Gasteiger partial charge in [-0.1, -0.05) is 79.7 Å². The molecule has 3 aromatic carbocycles. The highest BCUT2D eigenvalue weighted by atomic mass is 19.1. The summed E-state index contributed by atoms with van der Waals surface area (Å²) in [4.78, 5) is 15.2. The maximum Gasteiger partial charge on any atom is 0.137 e. The normalized spacial score (nSPS) is 18.8. The molecule has 0 bridgehead atoms. The number of benzene rings is 3. The van der Waals surface area contributed by atoms with E-state index in [-0.39, 0.29) is 17.8 Å². The molecule has 0 spiro atoms. The fraction of sp³-hybridized carbons (Fsp3) is 0.367. The highest BCUT2D eigenvalue weighted by molar-refractivity contribution is 5.81. The quantitative estimate of drug-likeness (QED) is 0.349. The Morgan fingerprint density at radius 3 is 2.18 bits per heavy atom. The molecule has 4 rings (SSSR count). The molecular weight excluding hydrogens is 425 g/mol. The number of ketones is 1. The molecule has 2 atom stereocenters. The van der Waals surface area contributed by atoms with Crippen molar-refractivity contribution in [1.29, 1.82) is 0 Å². The van der Waals surface area contributed by atoms with E-state index in [0.717, 1.165) is 49.2 Å². The predicted molar refractivity (Wildman–Crippen MR) is 134 cm³/mol. The van der Waals surface area contributed by atoms with Crippen LogP contribution in [0.1, 0.15) is 49.0 Å². The van der Waals surface area contributed by atoms with Gasteiger partial charge in [0.15, 0.2) is 0 Å². The zero-order valence-electron chi connectivity index (χ0n) is 19.9. The van der Waals surface area contributed by atoms with Gasteiger partial charge in [0, 0.05) is 32.0 Å². The summed E-state index contributed by atoms with van der Waals surface area (Å²) in [5.41, 5.74) is 3.37. The maximum absolute atomic E-state index is 13.3. The van der Waals surface area contributed by atoms with Crippen LogP contribution >= 0.6 is 0 Å². The number of carbonyl (C=O) groups excluding carboxylic acids is 1. The van der Waals surface area contributed by atoms with Crippen LogP contribution < -0.4 is 0 Å². The summed E-state index contributed by atoms with van der Waals surface area (Å²) in [7, 11) is 0. The number of Topliss-reactive ketones (excluding diaryl/α,β-unsaturated/α-hetero) is 1. The van der Waals surface area contributed by atoms with Crippen LogP contribution in [0.25, 0.3) is 0 Å². The molecule has 3 aromatic rings. The third-order valence-electron chi connectivity index (χ3n) is 6.90. The molecule has 0 unspecified atom stereocenters. The van der Waals surface area contributed by atoms with Gasteiger partial charge in [-0.2, -0.15) is 0 Å². The first-order valence-corrected chi connectivity index (χ1v) is 12.3. The molecule has 0 N–H and O–H groups in total. The first kappa shape index (κ1) is 24.3. The second-order valence-electron chi connectivity index (χ2n) is 9.20. The number of likely N-dealkylation sites (tertiary alicyclic amines) is 1. The third-order valence-corrected chi connectivity index (χ3v) is 6.90. The Morgan fingerprint density at radius 1 is 0.971 bits per heavy atom. The summed E-state index contributed by atoms with van der Waals surface area (Å²) in [6.07, 6.45) is 2.30. The van der Waals surface area contributed by atoms with Crippen LogP contribution in [0, 0.1) is 17.7 Å². The Balaban J connectivity index is 1.38. The highest BCUT2D eigenvalue weighted by Crippen LogP contribution is 2.31. The molecule has 0 radical (unpaired) electrons. The number of rotatable bonds is 10. The second-order valence-corrected chi connectivity index (χ2v) is 9.20. The van der Waals surface area contributed by atoms with E-state index >= 15 is 0 Å². The average molecular weight is 460 g/mol. The molecule has 1 saturated heterocycles. The van der Waals surface area contributed by atoms with Gasteiger partial charge in [0.2, 0.25) is 0 Å². The van der Waals surface area contributed by atoms with Gasteiger partial charge in [0.25, 0.3) is 0 Å². The molecule has 34 heavy (non-hydrogen) atoms. The fourth-order valence-corrected chi connectivity index (χ4v) is 5.01. The Hall–Kier alpha value is -2.82. The van der Waals surface area contributed by atoms with Crippen LogP contribution in [0.5, 0.6) is 0 Å². The summed E-state index contributed by atoms with van der Waals surface area (Å²) in [6, 6.07) is 27.3. The number of carbonyl (C=O) groups is 1. The highest BCUT2D eigenvalue weighted by Gasteiger charge is 2.33. The van der Waals surface area contributed by atoms with Crippen molar-refractivity contribution in [1.82, 2.24) is 4.90 Å². The van der Waals surface area contributed by atoms with Crippen LogP contribution in [-0.2, 0) is 16.1 Å².